The van der Waals surface area contributed by atoms with Crippen molar-refractivity contribution in [2.24, 2.45) is 0 Å². The van der Waals surface area contributed by atoms with Gasteiger partial charge in [0.1, 0.15) is 17.6 Å². The average Bonchev–Trinajstić information content (AvgIpc) is 2.73. The number of hydrogen-bond donors (Lipinski definition) is 1. The number of hydrogen-bond acceptors (Lipinski definition) is 4. The third-order valence-electron chi connectivity index (χ3n) is 4.81. The summed E-state index contributed by atoms with van der Waals surface area (Å²) >= 11 is 1.34. The number of carbonyl (C=O) groups is 2. The Morgan fingerprint density at radius 1 is 1.16 bits per heavy atom. The SMILES string of the molecule is CCC(C(=O)NC(C)(C)C)N(Cc1cccc(OC)c1)C(=O)CSCc1ccccc1F. The summed E-state index contributed by atoms with van der Waals surface area (Å²) in [4.78, 5) is 27.9. The van der Waals surface area contributed by atoms with E-state index in [-0.39, 0.29) is 29.9 Å². The third kappa shape index (κ3) is 7.86. The molecule has 0 aliphatic carbocycles. The fraction of sp³-hybridized carbons (Fsp3) is 0.440. The molecule has 0 saturated carbocycles. The van der Waals surface area contributed by atoms with Crippen molar-refractivity contribution in [3.8, 4) is 5.75 Å². The number of carbonyl (C=O) groups excluding carboxylic acids is 2. The zero-order valence-electron chi connectivity index (χ0n) is 19.5. The second-order valence-electron chi connectivity index (χ2n) is 8.62. The van der Waals surface area contributed by atoms with Crippen LogP contribution in [0.1, 0.15) is 45.2 Å². The number of nitrogens with one attached hydrogen (secondary N) is 1. The van der Waals surface area contributed by atoms with Gasteiger partial charge < -0.3 is 15.0 Å². The van der Waals surface area contributed by atoms with E-state index in [1.54, 1.807) is 30.2 Å². The van der Waals surface area contributed by atoms with E-state index in [1.165, 1.54) is 17.8 Å². The van der Waals surface area contributed by atoms with Gasteiger partial charge in [-0.05, 0) is 56.5 Å². The number of thioether (sulfide) groups is 1. The van der Waals surface area contributed by atoms with Gasteiger partial charge in [-0.1, -0.05) is 37.3 Å². The molecule has 2 amide bonds. The summed E-state index contributed by atoms with van der Waals surface area (Å²) in [6.45, 7) is 7.92. The highest BCUT2D eigenvalue weighted by Crippen LogP contribution is 2.21. The topological polar surface area (TPSA) is 58.6 Å². The molecule has 5 nitrogen and oxygen atoms in total. The Morgan fingerprint density at radius 3 is 2.50 bits per heavy atom. The number of rotatable bonds is 10. The van der Waals surface area contributed by atoms with Crippen molar-refractivity contribution in [2.45, 2.75) is 58.0 Å². The van der Waals surface area contributed by atoms with Crippen LogP contribution in [0.25, 0.3) is 0 Å². The third-order valence-corrected chi connectivity index (χ3v) is 5.78. The number of amides is 2. The normalized spacial score (nSPS) is 12.2. The molecule has 2 aromatic rings. The van der Waals surface area contributed by atoms with Gasteiger partial charge in [-0.15, -0.1) is 11.8 Å². The molecule has 1 unspecified atom stereocenters. The standard InChI is InChI=1S/C25H33FN2O3S/c1-6-22(24(30)27-25(2,3)4)28(15-18-10-9-12-20(14-18)31-5)23(29)17-32-16-19-11-7-8-13-21(19)26/h7-14,22H,6,15-17H2,1-5H3,(H,27,30). The molecule has 0 fully saturated rings. The van der Waals surface area contributed by atoms with E-state index >= 15 is 0 Å². The summed E-state index contributed by atoms with van der Waals surface area (Å²) in [5.41, 5.74) is 1.02. The van der Waals surface area contributed by atoms with E-state index in [0.29, 0.717) is 23.5 Å². The van der Waals surface area contributed by atoms with E-state index in [1.807, 2.05) is 52.0 Å². The maximum Gasteiger partial charge on any atom is 0.243 e. The first-order valence-electron chi connectivity index (χ1n) is 10.7. The lowest BCUT2D eigenvalue weighted by molar-refractivity contribution is -0.140. The van der Waals surface area contributed by atoms with Crippen LogP contribution < -0.4 is 10.1 Å². The lowest BCUT2D eigenvalue weighted by atomic mass is 10.1. The molecule has 0 bridgehead atoms. The lowest BCUT2D eigenvalue weighted by Gasteiger charge is -2.33. The zero-order chi connectivity index (χ0) is 23.7. The van der Waals surface area contributed by atoms with Gasteiger partial charge in [0.2, 0.25) is 11.8 Å². The summed E-state index contributed by atoms with van der Waals surface area (Å²) in [6.07, 6.45) is 0.482. The number of nitrogens with zero attached hydrogens (tertiary/aromatic N) is 1. The lowest BCUT2D eigenvalue weighted by Crippen LogP contribution is -2.53. The summed E-state index contributed by atoms with van der Waals surface area (Å²) in [5, 5.41) is 2.99. The van der Waals surface area contributed by atoms with Crippen LogP contribution in [-0.4, -0.2) is 41.2 Å². The van der Waals surface area contributed by atoms with E-state index in [0.717, 1.165) is 5.56 Å². The molecule has 1 N–H and O–H groups in total. The number of benzene rings is 2. The van der Waals surface area contributed by atoms with Crippen LogP contribution >= 0.6 is 11.8 Å². The van der Waals surface area contributed by atoms with Gasteiger partial charge in [-0.2, -0.15) is 0 Å². The summed E-state index contributed by atoms with van der Waals surface area (Å²) in [6, 6.07) is 13.4. The van der Waals surface area contributed by atoms with E-state index in [2.05, 4.69) is 5.32 Å². The summed E-state index contributed by atoms with van der Waals surface area (Å²) in [7, 11) is 1.59. The van der Waals surface area contributed by atoms with Gasteiger partial charge in [0, 0.05) is 17.8 Å². The van der Waals surface area contributed by atoms with Crippen LogP contribution in [-0.2, 0) is 21.9 Å². The van der Waals surface area contributed by atoms with Crippen LogP contribution in [0.3, 0.4) is 0 Å². The minimum Gasteiger partial charge on any atom is -0.497 e. The Bertz CT molecular complexity index is 914. The Morgan fingerprint density at radius 2 is 1.88 bits per heavy atom. The Hall–Kier alpha value is -2.54. The Balaban J connectivity index is 2.19. The van der Waals surface area contributed by atoms with Crippen molar-refractivity contribution in [2.75, 3.05) is 12.9 Å². The van der Waals surface area contributed by atoms with Crippen molar-refractivity contribution >= 4 is 23.6 Å². The van der Waals surface area contributed by atoms with Crippen molar-refractivity contribution in [3.63, 3.8) is 0 Å². The van der Waals surface area contributed by atoms with E-state index in [9.17, 15) is 14.0 Å². The molecule has 0 spiro atoms. The molecule has 2 rings (SSSR count). The summed E-state index contributed by atoms with van der Waals surface area (Å²) < 4.78 is 19.2. The molecule has 7 heteroatoms. The second kappa shape index (κ2) is 11.9. The van der Waals surface area contributed by atoms with Crippen LogP contribution in [0.4, 0.5) is 4.39 Å². The first kappa shape index (κ1) is 25.7. The highest BCUT2D eigenvalue weighted by molar-refractivity contribution is 7.99. The number of ether oxygens (including phenoxy) is 1. The van der Waals surface area contributed by atoms with E-state index in [4.69, 9.17) is 4.74 Å². The minimum atomic E-state index is -0.609. The van der Waals surface area contributed by atoms with Gasteiger partial charge in [-0.3, -0.25) is 9.59 Å². The molecule has 0 saturated heterocycles. The fourth-order valence-electron chi connectivity index (χ4n) is 3.29. The molecule has 0 aromatic heterocycles. The first-order chi connectivity index (χ1) is 15.1. The van der Waals surface area contributed by atoms with Crippen molar-refractivity contribution in [3.05, 3.63) is 65.5 Å². The summed E-state index contributed by atoms with van der Waals surface area (Å²) in [5.74, 6) is 0.599. The molecule has 0 aliphatic heterocycles. The van der Waals surface area contributed by atoms with Crippen LogP contribution in [0.15, 0.2) is 48.5 Å². The maximum absolute atomic E-state index is 13.9. The first-order valence-corrected chi connectivity index (χ1v) is 11.9. The van der Waals surface area contributed by atoms with Crippen molar-refractivity contribution in [1.82, 2.24) is 10.2 Å². The quantitative estimate of drug-likeness (QED) is 0.554. The zero-order valence-corrected chi connectivity index (χ0v) is 20.3. The highest BCUT2D eigenvalue weighted by atomic mass is 32.2. The molecule has 0 radical (unpaired) electrons. The smallest absolute Gasteiger partial charge is 0.243 e. The number of halogens is 1. The molecule has 0 aliphatic rings. The van der Waals surface area contributed by atoms with Crippen molar-refractivity contribution < 1.29 is 18.7 Å². The number of methoxy groups -OCH3 is 1. The van der Waals surface area contributed by atoms with Crippen LogP contribution in [0, 0.1) is 5.82 Å². The minimum absolute atomic E-state index is 0.150. The Kier molecular flexibility index (Phi) is 9.57. The molecular weight excluding hydrogens is 427 g/mol. The molecule has 32 heavy (non-hydrogen) atoms. The highest BCUT2D eigenvalue weighted by Gasteiger charge is 2.30. The van der Waals surface area contributed by atoms with Gasteiger partial charge in [0.25, 0.3) is 0 Å². The van der Waals surface area contributed by atoms with Gasteiger partial charge in [0.15, 0.2) is 0 Å². The second-order valence-corrected chi connectivity index (χ2v) is 9.61. The molecule has 1 atom stereocenters. The predicted molar refractivity (Wildman–Crippen MR) is 128 cm³/mol. The fourth-order valence-corrected chi connectivity index (χ4v) is 4.18. The van der Waals surface area contributed by atoms with Crippen LogP contribution in [0.5, 0.6) is 5.75 Å². The predicted octanol–water partition coefficient (Wildman–Crippen LogP) is 4.79. The van der Waals surface area contributed by atoms with Gasteiger partial charge in [0.05, 0.1) is 12.9 Å². The molecule has 174 valence electrons. The maximum atomic E-state index is 13.9. The van der Waals surface area contributed by atoms with Crippen LogP contribution in [0.2, 0.25) is 0 Å². The Labute approximate surface area is 194 Å². The van der Waals surface area contributed by atoms with Gasteiger partial charge in [-0.25, -0.2) is 4.39 Å². The molecule has 2 aromatic carbocycles. The molecule has 0 heterocycles. The van der Waals surface area contributed by atoms with Crippen molar-refractivity contribution in [1.29, 1.82) is 0 Å². The molecular formula is C25H33FN2O3S. The monoisotopic (exact) mass is 460 g/mol. The van der Waals surface area contributed by atoms with E-state index < -0.39 is 11.6 Å². The average molecular weight is 461 g/mol. The van der Waals surface area contributed by atoms with Gasteiger partial charge >= 0.3 is 0 Å². The largest absolute Gasteiger partial charge is 0.497 e.